The summed E-state index contributed by atoms with van der Waals surface area (Å²) in [6, 6.07) is 15.3. The first-order valence-corrected chi connectivity index (χ1v) is 6.52. The van der Waals surface area contributed by atoms with Gasteiger partial charge < -0.3 is 10.1 Å². The number of rotatable bonds is 4. The quantitative estimate of drug-likeness (QED) is 0.839. The van der Waals surface area contributed by atoms with E-state index >= 15 is 0 Å². The number of nitrogens with one attached hydrogen (secondary N) is 1. The predicted octanol–water partition coefficient (Wildman–Crippen LogP) is 3.23. The molecule has 3 nitrogen and oxygen atoms in total. The monoisotopic (exact) mass is 273 g/mol. The first-order chi connectivity index (χ1) is 9.26. The van der Waals surface area contributed by atoms with Crippen molar-refractivity contribution in [3.8, 4) is 16.9 Å². The topological polar surface area (TPSA) is 38.3 Å². The molecule has 0 saturated carbocycles. The molecule has 2 aromatic rings. The van der Waals surface area contributed by atoms with Gasteiger partial charge in [0.25, 0.3) is 0 Å². The number of thiol groups is 1. The van der Waals surface area contributed by atoms with Crippen LogP contribution in [0.2, 0.25) is 0 Å². The molecule has 4 heteroatoms. The van der Waals surface area contributed by atoms with Crippen molar-refractivity contribution in [3.63, 3.8) is 0 Å². The lowest BCUT2D eigenvalue weighted by Gasteiger charge is -2.13. The van der Waals surface area contributed by atoms with E-state index in [0.29, 0.717) is 0 Å². The van der Waals surface area contributed by atoms with E-state index < -0.39 is 0 Å². The average Bonchev–Trinajstić information content (AvgIpc) is 2.47. The lowest BCUT2D eigenvalue weighted by atomic mass is 10.0. The van der Waals surface area contributed by atoms with Crippen molar-refractivity contribution in [2.45, 2.75) is 0 Å². The van der Waals surface area contributed by atoms with E-state index in [4.69, 9.17) is 4.74 Å². The third-order valence-electron chi connectivity index (χ3n) is 2.74. The second-order valence-electron chi connectivity index (χ2n) is 3.95. The van der Waals surface area contributed by atoms with Gasteiger partial charge in [-0.3, -0.25) is 4.79 Å². The van der Waals surface area contributed by atoms with E-state index in [2.05, 4.69) is 17.9 Å². The fraction of sp³-hybridized carbons (Fsp3) is 0.133. The molecule has 1 amide bonds. The van der Waals surface area contributed by atoms with Gasteiger partial charge in [-0.1, -0.05) is 36.4 Å². The highest BCUT2D eigenvalue weighted by Crippen LogP contribution is 2.34. The van der Waals surface area contributed by atoms with Crippen molar-refractivity contribution in [1.82, 2.24) is 0 Å². The van der Waals surface area contributed by atoms with Gasteiger partial charge in [-0.15, -0.1) is 0 Å². The van der Waals surface area contributed by atoms with Crippen LogP contribution in [0.4, 0.5) is 5.69 Å². The molecule has 0 unspecified atom stereocenters. The smallest absolute Gasteiger partial charge is 0.234 e. The Balaban J connectivity index is 2.47. The lowest BCUT2D eigenvalue weighted by molar-refractivity contribution is -0.113. The van der Waals surface area contributed by atoms with Gasteiger partial charge in [0.15, 0.2) is 0 Å². The van der Waals surface area contributed by atoms with Gasteiger partial charge in [-0.05, 0) is 12.1 Å². The maximum Gasteiger partial charge on any atom is 0.234 e. The maximum absolute atomic E-state index is 11.5. The molecule has 19 heavy (non-hydrogen) atoms. The van der Waals surface area contributed by atoms with Crippen LogP contribution in [0.1, 0.15) is 0 Å². The summed E-state index contributed by atoms with van der Waals surface area (Å²) in [4.78, 5) is 11.5. The van der Waals surface area contributed by atoms with Crippen LogP contribution in [-0.2, 0) is 4.79 Å². The fourth-order valence-corrected chi connectivity index (χ4v) is 1.96. The molecule has 0 atom stereocenters. The second kappa shape index (κ2) is 6.29. The Kier molecular flexibility index (Phi) is 4.47. The van der Waals surface area contributed by atoms with Crippen molar-refractivity contribution in [2.75, 3.05) is 18.2 Å². The summed E-state index contributed by atoms with van der Waals surface area (Å²) in [5, 5.41) is 2.84. The van der Waals surface area contributed by atoms with E-state index in [1.165, 1.54) is 0 Å². The van der Waals surface area contributed by atoms with E-state index in [1.54, 1.807) is 7.11 Å². The number of hydrogen-bond donors (Lipinski definition) is 2. The molecule has 1 N–H and O–H groups in total. The second-order valence-corrected chi connectivity index (χ2v) is 4.27. The SMILES string of the molecule is COc1ccccc1-c1ccccc1NC(=O)CS. The molecule has 0 aliphatic carbocycles. The number of methoxy groups -OCH3 is 1. The Morgan fingerprint density at radius 2 is 1.74 bits per heavy atom. The van der Waals surface area contributed by atoms with Crippen molar-refractivity contribution < 1.29 is 9.53 Å². The number of hydrogen-bond acceptors (Lipinski definition) is 3. The Labute approximate surface area is 118 Å². The number of ether oxygens (including phenoxy) is 1. The molecular weight excluding hydrogens is 258 g/mol. The predicted molar refractivity (Wildman–Crippen MR) is 80.9 cm³/mol. The molecule has 0 spiro atoms. The minimum Gasteiger partial charge on any atom is -0.496 e. The minimum absolute atomic E-state index is 0.134. The summed E-state index contributed by atoms with van der Waals surface area (Å²) in [6.45, 7) is 0. The van der Waals surface area contributed by atoms with Crippen LogP contribution in [0.25, 0.3) is 11.1 Å². The van der Waals surface area contributed by atoms with Crippen LogP contribution in [-0.4, -0.2) is 18.8 Å². The van der Waals surface area contributed by atoms with Crippen LogP contribution >= 0.6 is 12.6 Å². The Morgan fingerprint density at radius 3 is 2.42 bits per heavy atom. The number of para-hydroxylation sites is 2. The Bertz CT molecular complexity index is 584. The fourth-order valence-electron chi connectivity index (χ4n) is 1.88. The molecule has 0 aliphatic heterocycles. The largest absolute Gasteiger partial charge is 0.496 e. The molecule has 0 heterocycles. The van der Waals surface area contributed by atoms with Crippen LogP contribution < -0.4 is 10.1 Å². The standard InChI is InChI=1S/C15H15NO2S/c1-18-14-9-5-3-7-12(14)11-6-2-4-8-13(11)16-15(17)10-19/h2-9,19H,10H2,1H3,(H,16,17). The molecule has 2 aromatic carbocycles. The van der Waals surface area contributed by atoms with Gasteiger partial charge in [-0.2, -0.15) is 12.6 Å². The van der Waals surface area contributed by atoms with Gasteiger partial charge in [-0.25, -0.2) is 0 Å². The molecule has 0 bridgehead atoms. The normalized spacial score (nSPS) is 10.0. The summed E-state index contributed by atoms with van der Waals surface area (Å²) in [7, 11) is 1.63. The third kappa shape index (κ3) is 3.09. The molecular formula is C15H15NO2S. The zero-order chi connectivity index (χ0) is 13.7. The summed E-state index contributed by atoms with van der Waals surface area (Å²) >= 11 is 3.97. The first-order valence-electron chi connectivity index (χ1n) is 5.89. The molecule has 0 fully saturated rings. The molecule has 0 aromatic heterocycles. The van der Waals surface area contributed by atoms with Gasteiger partial charge in [0, 0.05) is 16.8 Å². The maximum atomic E-state index is 11.5. The van der Waals surface area contributed by atoms with E-state index in [1.807, 2.05) is 48.5 Å². The number of carbonyl (C=O) groups is 1. The van der Waals surface area contributed by atoms with Gasteiger partial charge in [0.1, 0.15) is 5.75 Å². The van der Waals surface area contributed by atoms with Crippen molar-refractivity contribution >= 4 is 24.2 Å². The molecule has 0 saturated heterocycles. The third-order valence-corrected chi connectivity index (χ3v) is 3.03. The Morgan fingerprint density at radius 1 is 1.11 bits per heavy atom. The highest BCUT2D eigenvalue weighted by Gasteiger charge is 2.10. The van der Waals surface area contributed by atoms with E-state index in [-0.39, 0.29) is 11.7 Å². The van der Waals surface area contributed by atoms with Crippen LogP contribution in [0.3, 0.4) is 0 Å². The van der Waals surface area contributed by atoms with Crippen LogP contribution in [0, 0.1) is 0 Å². The van der Waals surface area contributed by atoms with Gasteiger partial charge >= 0.3 is 0 Å². The number of carbonyl (C=O) groups excluding carboxylic acids is 1. The minimum atomic E-state index is -0.134. The molecule has 0 aliphatic rings. The lowest BCUT2D eigenvalue weighted by Crippen LogP contribution is -2.13. The Hall–Kier alpha value is -1.94. The van der Waals surface area contributed by atoms with Crippen LogP contribution in [0.15, 0.2) is 48.5 Å². The average molecular weight is 273 g/mol. The zero-order valence-corrected chi connectivity index (χ0v) is 11.5. The summed E-state index contributed by atoms with van der Waals surface area (Å²) in [5.41, 5.74) is 2.63. The highest BCUT2D eigenvalue weighted by atomic mass is 32.1. The highest BCUT2D eigenvalue weighted by molar-refractivity contribution is 7.81. The van der Waals surface area contributed by atoms with Crippen molar-refractivity contribution in [2.24, 2.45) is 0 Å². The molecule has 0 radical (unpaired) electrons. The van der Waals surface area contributed by atoms with Crippen LogP contribution in [0.5, 0.6) is 5.75 Å². The molecule has 2 rings (SSSR count). The van der Waals surface area contributed by atoms with Gasteiger partial charge in [0.05, 0.1) is 12.9 Å². The van der Waals surface area contributed by atoms with Gasteiger partial charge in [0.2, 0.25) is 5.91 Å². The number of amides is 1. The summed E-state index contributed by atoms with van der Waals surface area (Å²) in [5.74, 6) is 0.793. The summed E-state index contributed by atoms with van der Waals surface area (Å²) in [6.07, 6.45) is 0. The zero-order valence-electron chi connectivity index (χ0n) is 10.6. The first kappa shape index (κ1) is 13.5. The van der Waals surface area contributed by atoms with E-state index in [0.717, 1.165) is 22.6 Å². The summed E-state index contributed by atoms with van der Waals surface area (Å²) < 4.78 is 5.36. The number of anilines is 1. The molecule has 98 valence electrons. The number of benzene rings is 2. The van der Waals surface area contributed by atoms with Crippen molar-refractivity contribution in [3.05, 3.63) is 48.5 Å². The van der Waals surface area contributed by atoms with Crippen molar-refractivity contribution in [1.29, 1.82) is 0 Å². The van der Waals surface area contributed by atoms with E-state index in [9.17, 15) is 4.79 Å².